The first-order chi connectivity index (χ1) is 10.7. The van der Waals surface area contributed by atoms with Gasteiger partial charge >= 0.3 is 0 Å². The van der Waals surface area contributed by atoms with Crippen molar-refractivity contribution in [3.8, 4) is 11.5 Å². The summed E-state index contributed by atoms with van der Waals surface area (Å²) < 4.78 is 10.9. The number of ketones is 1. The van der Waals surface area contributed by atoms with Gasteiger partial charge in [0.25, 0.3) is 0 Å². The Morgan fingerprint density at radius 1 is 1.32 bits per heavy atom. The highest BCUT2D eigenvalue weighted by molar-refractivity contribution is 6.06. The molecule has 2 unspecified atom stereocenters. The zero-order chi connectivity index (χ0) is 15.7. The third-order valence-electron chi connectivity index (χ3n) is 4.82. The second-order valence-electron chi connectivity index (χ2n) is 6.00. The Labute approximate surface area is 131 Å². The number of hydrogen-bond donors (Lipinski definition) is 2. The van der Waals surface area contributed by atoms with Crippen LogP contribution in [0.5, 0.6) is 11.5 Å². The van der Waals surface area contributed by atoms with E-state index < -0.39 is 0 Å². The fourth-order valence-corrected chi connectivity index (χ4v) is 3.82. The summed E-state index contributed by atoms with van der Waals surface area (Å²) in [5, 5.41) is 3.52. The number of nitrogens with one attached hydrogen (secondary N) is 1. The lowest BCUT2D eigenvalue weighted by molar-refractivity contribution is 0.0902. The van der Waals surface area contributed by atoms with Gasteiger partial charge in [0.1, 0.15) is 0 Å². The van der Waals surface area contributed by atoms with E-state index in [0.29, 0.717) is 18.0 Å². The Bertz CT molecular complexity index is 586. The number of methoxy groups -OCH3 is 2. The third kappa shape index (κ3) is 2.29. The van der Waals surface area contributed by atoms with Crippen LogP contribution in [0.1, 0.15) is 46.8 Å². The minimum absolute atomic E-state index is 0.0124. The molecule has 0 fully saturated rings. The van der Waals surface area contributed by atoms with E-state index in [1.165, 1.54) is 5.56 Å². The van der Waals surface area contributed by atoms with Crippen molar-refractivity contribution >= 4 is 5.78 Å². The van der Waals surface area contributed by atoms with E-state index >= 15 is 0 Å². The van der Waals surface area contributed by atoms with E-state index in [1.807, 2.05) is 6.07 Å². The molecule has 3 rings (SSSR count). The quantitative estimate of drug-likeness (QED) is 0.784. The molecule has 0 saturated heterocycles. The van der Waals surface area contributed by atoms with Crippen molar-refractivity contribution in [2.24, 2.45) is 11.7 Å². The van der Waals surface area contributed by atoms with E-state index in [2.05, 4.69) is 5.32 Å². The highest BCUT2D eigenvalue weighted by Crippen LogP contribution is 2.49. The average molecular weight is 304 g/mol. The lowest BCUT2D eigenvalue weighted by Gasteiger charge is -2.27. The maximum Gasteiger partial charge on any atom is 0.172 e. The topological polar surface area (TPSA) is 73.6 Å². The zero-order valence-electron chi connectivity index (χ0n) is 13.3. The van der Waals surface area contributed by atoms with Crippen LogP contribution < -0.4 is 20.5 Å². The van der Waals surface area contributed by atoms with Gasteiger partial charge in [-0.2, -0.15) is 0 Å². The molecule has 3 N–H and O–H groups in total. The summed E-state index contributed by atoms with van der Waals surface area (Å²) in [6.07, 6.45) is 3.73. The summed E-state index contributed by atoms with van der Waals surface area (Å²) in [5.74, 6) is 1.42. The molecule has 2 atom stereocenters. The van der Waals surface area contributed by atoms with Gasteiger partial charge < -0.3 is 20.5 Å². The molecule has 22 heavy (non-hydrogen) atoms. The van der Waals surface area contributed by atoms with Crippen LogP contribution in [-0.2, 0) is 6.42 Å². The van der Waals surface area contributed by atoms with Gasteiger partial charge in [0.05, 0.1) is 19.8 Å². The van der Waals surface area contributed by atoms with Gasteiger partial charge in [0.2, 0.25) is 0 Å². The molecule has 5 nitrogen and oxygen atoms in total. The predicted octanol–water partition coefficient (Wildman–Crippen LogP) is 1.83. The van der Waals surface area contributed by atoms with Gasteiger partial charge in [-0.1, -0.05) is 6.42 Å². The maximum absolute atomic E-state index is 13.0. The molecule has 0 bridgehead atoms. The van der Waals surface area contributed by atoms with Crippen molar-refractivity contribution in [3.05, 3.63) is 22.8 Å². The Balaban J connectivity index is 2.04. The molecule has 1 aromatic carbocycles. The first-order valence-corrected chi connectivity index (χ1v) is 7.98. The minimum Gasteiger partial charge on any atom is -0.493 e. The monoisotopic (exact) mass is 304 g/mol. The summed E-state index contributed by atoms with van der Waals surface area (Å²) in [4.78, 5) is 13.0. The lowest BCUT2D eigenvalue weighted by atomic mass is 9.89. The van der Waals surface area contributed by atoms with Crippen LogP contribution in [0.15, 0.2) is 6.07 Å². The molecule has 0 radical (unpaired) electrons. The Morgan fingerprint density at radius 2 is 2.14 bits per heavy atom. The van der Waals surface area contributed by atoms with Crippen LogP contribution in [0.3, 0.4) is 0 Å². The van der Waals surface area contributed by atoms with Gasteiger partial charge in [-0.15, -0.1) is 0 Å². The molecule has 2 aliphatic rings. The van der Waals surface area contributed by atoms with E-state index in [-0.39, 0.29) is 17.7 Å². The van der Waals surface area contributed by atoms with E-state index in [9.17, 15) is 4.79 Å². The first kappa shape index (κ1) is 15.3. The van der Waals surface area contributed by atoms with Crippen LogP contribution in [0.25, 0.3) is 0 Å². The Morgan fingerprint density at radius 3 is 2.82 bits per heavy atom. The van der Waals surface area contributed by atoms with Crippen molar-refractivity contribution in [2.45, 2.75) is 31.7 Å². The molecular formula is C17H24N2O3. The van der Waals surface area contributed by atoms with Gasteiger partial charge in [-0.3, -0.25) is 4.79 Å². The van der Waals surface area contributed by atoms with Gasteiger partial charge in [-0.05, 0) is 49.5 Å². The number of carbonyl (C=O) groups excluding carboxylic acids is 1. The second-order valence-corrected chi connectivity index (χ2v) is 6.00. The number of Topliss-reactive ketones (excluding diaryl/α,β-unsaturated/α-hetero) is 1. The highest BCUT2D eigenvalue weighted by Gasteiger charge is 2.44. The van der Waals surface area contributed by atoms with Crippen molar-refractivity contribution in [1.82, 2.24) is 5.32 Å². The standard InChI is InChI=1S/C17H24N2O3/c1-21-12-9-10-6-8-19-15-11(5-3-4-7-18)16(20)14(13(10)15)17(12)22-2/h9,11,15,19H,3-8,18H2,1-2H3. The molecule has 1 aliphatic carbocycles. The summed E-state index contributed by atoms with van der Waals surface area (Å²) in [5.41, 5.74) is 8.65. The van der Waals surface area contributed by atoms with Crippen LogP contribution in [-0.4, -0.2) is 33.1 Å². The molecule has 1 aromatic rings. The van der Waals surface area contributed by atoms with Crippen LogP contribution >= 0.6 is 0 Å². The fourth-order valence-electron chi connectivity index (χ4n) is 3.82. The number of unbranched alkanes of at least 4 members (excludes halogenated alkanes) is 1. The summed E-state index contributed by atoms with van der Waals surface area (Å²) in [6.45, 7) is 1.57. The summed E-state index contributed by atoms with van der Waals surface area (Å²) in [6, 6.07) is 2.14. The molecule has 0 saturated carbocycles. The van der Waals surface area contributed by atoms with Crippen LogP contribution in [0.4, 0.5) is 0 Å². The number of carbonyl (C=O) groups is 1. The molecule has 1 aliphatic heterocycles. The predicted molar refractivity (Wildman–Crippen MR) is 84.7 cm³/mol. The van der Waals surface area contributed by atoms with Gasteiger partial charge in [-0.25, -0.2) is 0 Å². The fraction of sp³-hybridized carbons (Fsp3) is 0.588. The maximum atomic E-state index is 13.0. The molecule has 0 aromatic heterocycles. The summed E-state index contributed by atoms with van der Waals surface area (Å²) in [7, 11) is 3.22. The first-order valence-electron chi connectivity index (χ1n) is 7.98. The molecule has 5 heteroatoms. The number of benzene rings is 1. The van der Waals surface area contributed by atoms with Gasteiger partial charge in [0, 0.05) is 12.0 Å². The molecule has 0 spiro atoms. The number of rotatable bonds is 6. The normalized spacial score (nSPS) is 22.6. The number of hydrogen-bond acceptors (Lipinski definition) is 5. The third-order valence-corrected chi connectivity index (χ3v) is 4.82. The average Bonchev–Trinajstić information content (AvgIpc) is 2.82. The Hall–Kier alpha value is -1.59. The van der Waals surface area contributed by atoms with Crippen molar-refractivity contribution in [1.29, 1.82) is 0 Å². The summed E-state index contributed by atoms with van der Waals surface area (Å²) >= 11 is 0. The zero-order valence-corrected chi connectivity index (χ0v) is 13.3. The van der Waals surface area contributed by atoms with E-state index in [4.69, 9.17) is 15.2 Å². The van der Waals surface area contributed by atoms with Crippen molar-refractivity contribution in [2.75, 3.05) is 27.3 Å². The second kappa shape index (κ2) is 6.26. The molecule has 120 valence electrons. The van der Waals surface area contributed by atoms with E-state index in [0.717, 1.165) is 43.4 Å². The smallest absolute Gasteiger partial charge is 0.172 e. The van der Waals surface area contributed by atoms with Crippen molar-refractivity contribution in [3.63, 3.8) is 0 Å². The van der Waals surface area contributed by atoms with Crippen molar-refractivity contribution < 1.29 is 14.3 Å². The SMILES string of the molecule is COc1cc2c3c(c1OC)C(=O)C(CCCCN)C3NCC2. The number of nitrogens with two attached hydrogens (primary N) is 1. The molecular weight excluding hydrogens is 280 g/mol. The highest BCUT2D eigenvalue weighted by atomic mass is 16.5. The van der Waals surface area contributed by atoms with Crippen LogP contribution in [0, 0.1) is 5.92 Å². The van der Waals surface area contributed by atoms with Gasteiger partial charge in [0.15, 0.2) is 17.3 Å². The lowest BCUT2D eigenvalue weighted by Crippen LogP contribution is -2.33. The van der Waals surface area contributed by atoms with E-state index in [1.54, 1.807) is 14.2 Å². The molecule has 0 amide bonds. The minimum atomic E-state index is -0.0124. The Kier molecular flexibility index (Phi) is 4.36. The van der Waals surface area contributed by atoms with Crippen LogP contribution in [0.2, 0.25) is 0 Å². The largest absolute Gasteiger partial charge is 0.493 e. The number of ether oxygens (including phenoxy) is 2. The molecule has 1 heterocycles.